The van der Waals surface area contributed by atoms with Crippen molar-refractivity contribution in [3.63, 3.8) is 0 Å². The lowest BCUT2D eigenvalue weighted by molar-refractivity contribution is 0.591. The van der Waals surface area contributed by atoms with E-state index in [0.717, 1.165) is 5.69 Å². The van der Waals surface area contributed by atoms with Gasteiger partial charge in [-0.3, -0.25) is 4.98 Å². The van der Waals surface area contributed by atoms with Gasteiger partial charge in [0.25, 0.3) is 0 Å². The summed E-state index contributed by atoms with van der Waals surface area (Å²) >= 11 is 0. The smallest absolute Gasteiger partial charge is 0.0734 e. The van der Waals surface area contributed by atoms with Crippen LogP contribution in [0.4, 0.5) is 0 Å². The highest BCUT2D eigenvalue weighted by Crippen LogP contribution is 2.32. The van der Waals surface area contributed by atoms with Crippen molar-refractivity contribution in [2.45, 2.75) is 33.1 Å². The predicted molar refractivity (Wildman–Crippen MR) is 84.4 cm³/mol. The van der Waals surface area contributed by atoms with Gasteiger partial charge in [-0.1, -0.05) is 51.1 Å². The van der Waals surface area contributed by atoms with Crippen molar-refractivity contribution in [2.75, 3.05) is 0 Å². The van der Waals surface area contributed by atoms with E-state index in [4.69, 9.17) is 0 Å². The third-order valence-corrected chi connectivity index (χ3v) is 3.00. The average molecular weight is 253 g/mol. The highest BCUT2D eigenvalue weighted by atomic mass is 14.7. The van der Waals surface area contributed by atoms with Crippen LogP contribution in [0.25, 0.3) is 11.3 Å². The Hall–Kier alpha value is -1.89. The molecule has 1 heterocycles. The number of pyridine rings is 1. The van der Waals surface area contributed by atoms with Crippen LogP contribution >= 0.6 is 0 Å². The van der Waals surface area contributed by atoms with Crippen LogP contribution in [0.15, 0.2) is 55.8 Å². The molecule has 0 saturated carbocycles. The summed E-state index contributed by atoms with van der Waals surface area (Å²) in [7, 11) is 0. The first-order valence-electron chi connectivity index (χ1n) is 6.51. The molecule has 0 radical (unpaired) electrons. The molecule has 0 amide bonds. The molecule has 0 fully saturated rings. The number of hydrogen-bond acceptors (Lipinski definition) is 1. The van der Waals surface area contributed by atoms with E-state index in [2.05, 4.69) is 76.2 Å². The molecule has 1 heteroatoms. The fraction of sp³-hybridized carbons (Fsp3) is 0.278. The molecule has 0 saturated heterocycles. The van der Waals surface area contributed by atoms with Gasteiger partial charge in [-0.05, 0) is 29.5 Å². The Bertz CT molecular complexity index is 535. The van der Waals surface area contributed by atoms with E-state index in [1.807, 2.05) is 12.3 Å². The molecule has 1 aromatic heterocycles. The SMILES string of the molecule is C=C.Cc1cccnc1-c1ccccc1C(C)(C)C. The lowest BCUT2D eigenvalue weighted by Crippen LogP contribution is -2.13. The summed E-state index contributed by atoms with van der Waals surface area (Å²) in [5, 5.41) is 0. The molecule has 100 valence electrons. The van der Waals surface area contributed by atoms with Crippen molar-refractivity contribution in [3.8, 4) is 11.3 Å². The lowest BCUT2D eigenvalue weighted by atomic mass is 9.82. The molecule has 0 aliphatic rings. The van der Waals surface area contributed by atoms with Crippen LogP contribution in [0.3, 0.4) is 0 Å². The van der Waals surface area contributed by atoms with E-state index in [9.17, 15) is 0 Å². The number of hydrogen-bond donors (Lipinski definition) is 0. The van der Waals surface area contributed by atoms with E-state index >= 15 is 0 Å². The molecule has 0 N–H and O–H groups in total. The van der Waals surface area contributed by atoms with Crippen molar-refractivity contribution in [3.05, 3.63) is 66.9 Å². The van der Waals surface area contributed by atoms with Gasteiger partial charge >= 0.3 is 0 Å². The summed E-state index contributed by atoms with van der Waals surface area (Å²) in [4.78, 5) is 4.52. The van der Waals surface area contributed by atoms with Crippen LogP contribution in [-0.4, -0.2) is 4.98 Å². The lowest BCUT2D eigenvalue weighted by Gasteiger charge is -2.23. The Morgan fingerprint density at radius 1 is 0.947 bits per heavy atom. The van der Waals surface area contributed by atoms with E-state index in [1.54, 1.807) is 0 Å². The summed E-state index contributed by atoms with van der Waals surface area (Å²) < 4.78 is 0. The number of nitrogens with zero attached hydrogens (tertiary/aromatic N) is 1. The molecule has 19 heavy (non-hydrogen) atoms. The third kappa shape index (κ3) is 3.54. The van der Waals surface area contributed by atoms with Gasteiger partial charge < -0.3 is 0 Å². The van der Waals surface area contributed by atoms with Gasteiger partial charge in [0, 0.05) is 11.8 Å². The van der Waals surface area contributed by atoms with Gasteiger partial charge in [-0.2, -0.15) is 0 Å². The van der Waals surface area contributed by atoms with Crippen molar-refractivity contribution in [2.24, 2.45) is 0 Å². The standard InChI is InChI=1S/C16H19N.C2H4/c1-12-8-7-11-17-15(12)13-9-5-6-10-14(13)16(2,3)4;1-2/h5-11H,1-4H3;1-2H2. The summed E-state index contributed by atoms with van der Waals surface area (Å²) in [5.74, 6) is 0. The Kier molecular flexibility index (Phi) is 5.05. The largest absolute Gasteiger partial charge is 0.256 e. The Morgan fingerprint density at radius 2 is 1.58 bits per heavy atom. The minimum Gasteiger partial charge on any atom is -0.256 e. The van der Waals surface area contributed by atoms with Gasteiger partial charge in [0.05, 0.1) is 5.69 Å². The van der Waals surface area contributed by atoms with Gasteiger partial charge in [0.2, 0.25) is 0 Å². The fourth-order valence-electron chi connectivity index (χ4n) is 2.11. The second-order valence-electron chi connectivity index (χ2n) is 5.46. The zero-order valence-electron chi connectivity index (χ0n) is 12.4. The second-order valence-corrected chi connectivity index (χ2v) is 5.46. The molecular formula is C18H23N. The van der Waals surface area contributed by atoms with Crippen molar-refractivity contribution in [1.82, 2.24) is 4.98 Å². The molecule has 0 aliphatic heterocycles. The molecular weight excluding hydrogens is 230 g/mol. The van der Waals surface area contributed by atoms with Crippen LogP contribution in [0.2, 0.25) is 0 Å². The van der Waals surface area contributed by atoms with Crippen LogP contribution in [0, 0.1) is 6.92 Å². The summed E-state index contributed by atoms with van der Waals surface area (Å²) in [6.07, 6.45) is 1.86. The molecule has 1 aromatic carbocycles. The predicted octanol–water partition coefficient (Wildman–Crippen LogP) is 5.16. The van der Waals surface area contributed by atoms with Gasteiger partial charge in [0.15, 0.2) is 0 Å². The molecule has 0 bridgehead atoms. The van der Waals surface area contributed by atoms with E-state index in [-0.39, 0.29) is 5.41 Å². The number of aromatic nitrogens is 1. The first kappa shape index (κ1) is 15.2. The second kappa shape index (κ2) is 6.33. The zero-order valence-corrected chi connectivity index (χ0v) is 12.4. The third-order valence-electron chi connectivity index (χ3n) is 3.00. The van der Waals surface area contributed by atoms with Crippen LogP contribution < -0.4 is 0 Å². The maximum absolute atomic E-state index is 4.52. The fourth-order valence-corrected chi connectivity index (χ4v) is 2.11. The molecule has 1 nitrogen and oxygen atoms in total. The maximum atomic E-state index is 4.52. The molecule has 0 spiro atoms. The van der Waals surface area contributed by atoms with Crippen LogP contribution in [0.1, 0.15) is 31.9 Å². The summed E-state index contributed by atoms with van der Waals surface area (Å²) in [5.41, 5.74) is 5.06. The van der Waals surface area contributed by atoms with Gasteiger partial charge in [-0.25, -0.2) is 0 Å². The normalized spacial score (nSPS) is 10.5. The van der Waals surface area contributed by atoms with Crippen molar-refractivity contribution >= 4 is 0 Å². The molecule has 0 aliphatic carbocycles. The quantitative estimate of drug-likeness (QED) is 0.640. The highest BCUT2D eigenvalue weighted by Gasteiger charge is 2.19. The Balaban J connectivity index is 0.000000861. The average Bonchev–Trinajstić information content (AvgIpc) is 2.41. The Labute approximate surface area is 117 Å². The maximum Gasteiger partial charge on any atom is 0.0734 e. The molecule has 2 aromatic rings. The number of aryl methyl sites for hydroxylation is 1. The Morgan fingerprint density at radius 3 is 2.16 bits per heavy atom. The zero-order chi connectivity index (χ0) is 14.5. The minimum absolute atomic E-state index is 0.139. The van der Waals surface area contributed by atoms with Gasteiger partial charge in [0.1, 0.15) is 0 Å². The summed E-state index contributed by atoms with van der Waals surface area (Å²) in [6.45, 7) is 14.8. The number of rotatable bonds is 1. The number of benzene rings is 1. The molecule has 2 rings (SSSR count). The van der Waals surface area contributed by atoms with Gasteiger partial charge in [-0.15, -0.1) is 13.2 Å². The molecule has 0 atom stereocenters. The highest BCUT2D eigenvalue weighted by molar-refractivity contribution is 5.67. The topological polar surface area (TPSA) is 12.9 Å². The van der Waals surface area contributed by atoms with Crippen LogP contribution in [-0.2, 0) is 5.41 Å². The van der Waals surface area contributed by atoms with Crippen LogP contribution in [0.5, 0.6) is 0 Å². The first-order valence-corrected chi connectivity index (χ1v) is 6.51. The monoisotopic (exact) mass is 253 g/mol. The first-order chi connectivity index (χ1) is 9.00. The summed E-state index contributed by atoms with van der Waals surface area (Å²) in [6, 6.07) is 12.6. The minimum atomic E-state index is 0.139. The van der Waals surface area contributed by atoms with E-state index < -0.39 is 0 Å². The van der Waals surface area contributed by atoms with Crippen molar-refractivity contribution in [1.29, 1.82) is 0 Å². The van der Waals surface area contributed by atoms with E-state index in [0.29, 0.717) is 0 Å². The van der Waals surface area contributed by atoms with Crippen molar-refractivity contribution < 1.29 is 0 Å². The molecule has 0 unspecified atom stereocenters. The van der Waals surface area contributed by atoms with E-state index in [1.165, 1.54) is 16.7 Å².